The maximum atomic E-state index is 11.8. The molecular formula is C18H21ClN4O4S. The van der Waals surface area contributed by atoms with Crippen LogP contribution in [0.5, 0.6) is 0 Å². The van der Waals surface area contributed by atoms with E-state index in [4.69, 9.17) is 16.7 Å². The third-order valence-corrected chi connectivity index (χ3v) is 6.05. The molecule has 0 radical (unpaired) electrons. The Balaban J connectivity index is 1.71. The summed E-state index contributed by atoms with van der Waals surface area (Å²) in [4.78, 5) is 12.2. The molecule has 0 spiro atoms. The number of primary sulfonamides is 1. The SMILES string of the molecule is Cc1ccc(Cl)cc1N1CCC(CNc2ccc([N+](=O)[O-])cc2S(N)(=O)=O)C1. The molecule has 2 aromatic carbocycles. The second kappa shape index (κ2) is 7.94. The standard InChI is InChI=1S/C18H21ClN4O4S/c1-12-2-3-14(19)8-17(12)22-7-6-13(11-22)10-21-16-5-4-15(23(24)25)9-18(16)28(20,26)27/h2-5,8-9,13,21H,6-7,10-11H2,1H3,(H2,20,26,27). The molecule has 3 N–H and O–H groups in total. The third kappa shape index (κ3) is 4.54. The van der Waals surface area contributed by atoms with Crippen LogP contribution >= 0.6 is 11.6 Å². The highest BCUT2D eigenvalue weighted by Gasteiger charge is 2.25. The van der Waals surface area contributed by atoms with Crippen molar-refractivity contribution in [1.29, 1.82) is 0 Å². The van der Waals surface area contributed by atoms with Gasteiger partial charge in [-0.25, -0.2) is 13.6 Å². The summed E-state index contributed by atoms with van der Waals surface area (Å²) in [6.07, 6.45) is 0.927. The number of nitro groups is 1. The molecule has 1 aliphatic heterocycles. The lowest BCUT2D eigenvalue weighted by Gasteiger charge is -2.21. The zero-order valence-corrected chi connectivity index (χ0v) is 16.8. The van der Waals surface area contributed by atoms with E-state index in [9.17, 15) is 18.5 Å². The van der Waals surface area contributed by atoms with Crippen LogP contribution in [-0.2, 0) is 10.0 Å². The van der Waals surface area contributed by atoms with Crippen LogP contribution in [0.2, 0.25) is 5.02 Å². The minimum atomic E-state index is -4.09. The number of nitrogens with two attached hydrogens (primary N) is 1. The van der Waals surface area contributed by atoms with Crippen LogP contribution in [-0.4, -0.2) is 33.0 Å². The van der Waals surface area contributed by atoms with Crippen LogP contribution in [0.15, 0.2) is 41.3 Å². The molecule has 150 valence electrons. The first kappa shape index (κ1) is 20.4. The molecule has 10 heteroatoms. The molecule has 3 rings (SSSR count). The van der Waals surface area contributed by atoms with Gasteiger partial charge in [-0.1, -0.05) is 17.7 Å². The number of halogens is 1. The molecule has 28 heavy (non-hydrogen) atoms. The number of hydrogen-bond acceptors (Lipinski definition) is 6. The molecule has 8 nitrogen and oxygen atoms in total. The zero-order valence-electron chi connectivity index (χ0n) is 15.3. The van der Waals surface area contributed by atoms with Gasteiger partial charge in [-0.15, -0.1) is 0 Å². The lowest BCUT2D eigenvalue weighted by molar-refractivity contribution is -0.385. The van der Waals surface area contributed by atoms with Crippen LogP contribution < -0.4 is 15.4 Å². The normalized spacial score (nSPS) is 17.0. The van der Waals surface area contributed by atoms with Gasteiger partial charge in [0, 0.05) is 42.5 Å². The fraction of sp³-hybridized carbons (Fsp3) is 0.333. The number of aryl methyl sites for hydroxylation is 1. The van der Waals surface area contributed by atoms with Gasteiger partial charge in [0.15, 0.2) is 0 Å². The summed E-state index contributed by atoms with van der Waals surface area (Å²) >= 11 is 6.11. The van der Waals surface area contributed by atoms with Crippen molar-refractivity contribution in [1.82, 2.24) is 0 Å². The Kier molecular flexibility index (Phi) is 5.78. The van der Waals surface area contributed by atoms with Gasteiger partial charge < -0.3 is 10.2 Å². The van der Waals surface area contributed by atoms with Gasteiger partial charge in [0.25, 0.3) is 5.69 Å². The molecule has 1 fully saturated rings. The molecule has 0 saturated carbocycles. The van der Waals surface area contributed by atoms with Crippen molar-refractivity contribution in [2.75, 3.05) is 29.9 Å². The van der Waals surface area contributed by atoms with Crippen molar-refractivity contribution in [3.63, 3.8) is 0 Å². The summed E-state index contributed by atoms with van der Waals surface area (Å²) in [5.41, 5.74) is 2.18. The molecular weight excluding hydrogens is 404 g/mol. The highest BCUT2D eigenvalue weighted by molar-refractivity contribution is 7.89. The lowest BCUT2D eigenvalue weighted by atomic mass is 10.1. The van der Waals surface area contributed by atoms with Gasteiger partial charge >= 0.3 is 0 Å². The summed E-state index contributed by atoms with van der Waals surface area (Å²) in [6, 6.07) is 9.41. The van der Waals surface area contributed by atoms with Gasteiger partial charge in [0.1, 0.15) is 4.90 Å². The largest absolute Gasteiger partial charge is 0.384 e. The van der Waals surface area contributed by atoms with Crippen LogP contribution in [0.25, 0.3) is 0 Å². The summed E-state index contributed by atoms with van der Waals surface area (Å²) < 4.78 is 23.7. The number of nitrogens with zero attached hydrogens (tertiary/aromatic N) is 2. The van der Waals surface area contributed by atoms with Crippen molar-refractivity contribution in [2.24, 2.45) is 11.1 Å². The number of anilines is 2. The minimum Gasteiger partial charge on any atom is -0.384 e. The Morgan fingerprint density at radius 3 is 2.75 bits per heavy atom. The Morgan fingerprint density at radius 2 is 2.07 bits per heavy atom. The second-order valence-electron chi connectivity index (χ2n) is 6.90. The fourth-order valence-corrected chi connectivity index (χ4v) is 4.30. The maximum Gasteiger partial charge on any atom is 0.270 e. The van der Waals surface area contributed by atoms with Gasteiger partial charge in [-0.05, 0) is 43.0 Å². The Morgan fingerprint density at radius 1 is 1.32 bits per heavy atom. The predicted molar refractivity (Wildman–Crippen MR) is 109 cm³/mol. The van der Waals surface area contributed by atoms with E-state index in [0.29, 0.717) is 11.6 Å². The van der Waals surface area contributed by atoms with E-state index in [1.165, 1.54) is 12.1 Å². The summed E-state index contributed by atoms with van der Waals surface area (Å²) in [6.45, 7) is 4.23. The molecule has 1 saturated heterocycles. The molecule has 0 aliphatic carbocycles. The Hall–Kier alpha value is -2.36. The van der Waals surface area contributed by atoms with Crippen LogP contribution in [0.4, 0.5) is 17.1 Å². The number of sulfonamides is 1. The predicted octanol–water partition coefficient (Wildman–Crippen LogP) is 3.14. The topological polar surface area (TPSA) is 119 Å². The third-order valence-electron chi connectivity index (χ3n) is 4.86. The molecule has 1 aliphatic rings. The van der Waals surface area contributed by atoms with Crippen molar-refractivity contribution >= 4 is 38.7 Å². The lowest BCUT2D eigenvalue weighted by Crippen LogP contribution is -2.24. The quantitative estimate of drug-likeness (QED) is 0.543. The van der Waals surface area contributed by atoms with Crippen molar-refractivity contribution in [3.8, 4) is 0 Å². The van der Waals surface area contributed by atoms with Gasteiger partial charge in [0.05, 0.1) is 10.6 Å². The summed E-state index contributed by atoms with van der Waals surface area (Å²) in [5, 5.41) is 19.9. The van der Waals surface area contributed by atoms with E-state index in [0.717, 1.165) is 36.8 Å². The molecule has 2 aromatic rings. The van der Waals surface area contributed by atoms with Crippen LogP contribution in [0, 0.1) is 23.0 Å². The van der Waals surface area contributed by atoms with E-state index in [2.05, 4.69) is 10.2 Å². The van der Waals surface area contributed by atoms with E-state index < -0.39 is 14.9 Å². The number of rotatable bonds is 6. The van der Waals surface area contributed by atoms with Gasteiger partial charge in [0.2, 0.25) is 10.0 Å². The fourth-order valence-electron chi connectivity index (χ4n) is 3.40. The number of benzene rings is 2. The molecule has 0 amide bonds. The summed E-state index contributed by atoms with van der Waals surface area (Å²) in [5.74, 6) is 0.280. The molecule has 1 heterocycles. The molecule has 0 aromatic heterocycles. The maximum absolute atomic E-state index is 11.8. The minimum absolute atomic E-state index is 0.269. The highest BCUT2D eigenvalue weighted by Crippen LogP contribution is 2.30. The molecule has 0 bridgehead atoms. The monoisotopic (exact) mass is 424 g/mol. The van der Waals surface area contributed by atoms with E-state index >= 15 is 0 Å². The van der Waals surface area contributed by atoms with Gasteiger partial charge in [-0.2, -0.15) is 0 Å². The van der Waals surface area contributed by atoms with E-state index in [1.807, 2.05) is 25.1 Å². The Bertz CT molecular complexity index is 1010. The first-order valence-corrected chi connectivity index (χ1v) is 10.6. The zero-order chi connectivity index (χ0) is 20.5. The second-order valence-corrected chi connectivity index (χ2v) is 8.86. The van der Waals surface area contributed by atoms with E-state index in [-0.39, 0.29) is 22.2 Å². The van der Waals surface area contributed by atoms with Gasteiger partial charge in [-0.3, -0.25) is 10.1 Å². The number of nitrogens with one attached hydrogen (secondary N) is 1. The Labute approximate surface area is 168 Å². The average molecular weight is 425 g/mol. The summed E-state index contributed by atoms with van der Waals surface area (Å²) in [7, 11) is -4.09. The molecule has 1 atom stereocenters. The first-order chi connectivity index (χ1) is 13.1. The average Bonchev–Trinajstić information content (AvgIpc) is 3.09. The van der Waals surface area contributed by atoms with Crippen molar-refractivity contribution < 1.29 is 13.3 Å². The van der Waals surface area contributed by atoms with Crippen LogP contribution in [0.1, 0.15) is 12.0 Å². The highest BCUT2D eigenvalue weighted by atomic mass is 35.5. The van der Waals surface area contributed by atoms with Crippen molar-refractivity contribution in [3.05, 3.63) is 57.1 Å². The van der Waals surface area contributed by atoms with Crippen molar-refractivity contribution in [2.45, 2.75) is 18.2 Å². The van der Waals surface area contributed by atoms with Crippen LogP contribution in [0.3, 0.4) is 0 Å². The number of non-ortho nitro benzene ring substituents is 1. The number of nitro benzene ring substituents is 1. The molecule has 1 unspecified atom stereocenters. The number of hydrogen-bond donors (Lipinski definition) is 2. The van der Waals surface area contributed by atoms with E-state index in [1.54, 1.807) is 0 Å². The first-order valence-electron chi connectivity index (χ1n) is 8.71. The smallest absolute Gasteiger partial charge is 0.270 e.